The van der Waals surface area contributed by atoms with E-state index in [9.17, 15) is 13.6 Å². The second-order valence-corrected chi connectivity index (χ2v) is 6.25. The van der Waals surface area contributed by atoms with Crippen LogP contribution in [-0.4, -0.2) is 23.8 Å². The number of alkyl carbamates (subject to hydrolysis) is 1. The highest BCUT2D eigenvalue weighted by molar-refractivity contribution is 5.68. The lowest BCUT2D eigenvalue weighted by molar-refractivity contribution is 0.0475. The Bertz CT molecular complexity index is 503. The zero-order valence-electron chi connectivity index (χ0n) is 12.4. The first-order valence-corrected chi connectivity index (χ1v) is 6.94. The van der Waals surface area contributed by atoms with E-state index in [1.165, 1.54) is 18.2 Å². The average Bonchev–Trinajstić information content (AvgIpc) is 2.27. The average molecular weight is 298 g/mol. The largest absolute Gasteiger partial charge is 0.444 e. The first-order valence-electron chi connectivity index (χ1n) is 6.94. The number of amides is 1. The molecule has 1 aliphatic carbocycles. The van der Waals surface area contributed by atoms with E-state index in [0.717, 1.165) is 0 Å². The third-order valence-electron chi connectivity index (χ3n) is 3.17. The second kappa shape index (κ2) is 5.87. The van der Waals surface area contributed by atoms with Gasteiger partial charge in [0, 0.05) is 12.1 Å². The van der Waals surface area contributed by atoms with Crippen molar-refractivity contribution < 1.29 is 18.3 Å². The zero-order valence-corrected chi connectivity index (χ0v) is 12.4. The van der Waals surface area contributed by atoms with Crippen LogP contribution in [0, 0.1) is 11.6 Å². The number of hydrogen-bond donors (Lipinski definition) is 2. The maximum Gasteiger partial charge on any atom is 0.407 e. The summed E-state index contributed by atoms with van der Waals surface area (Å²) in [4.78, 5) is 11.6. The number of halogens is 2. The van der Waals surface area contributed by atoms with Crippen LogP contribution in [0.1, 0.15) is 33.6 Å². The molecule has 0 radical (unpaired) electrons. The second-order valence-electron chi connectivity index (χ2n) is 6.25. The summed E-state index contributed by atoms with van der Waals surface area (Å²) in [5, 5.41) is 5.55. The molecule has 1 amide bonds. The van der Waals surface area contributed by atoms with Gasteiger partial charge in [0.15, 0.2) is 0 Å². The normalized spacial score (nSPS) is 21.4. The van der Waals surface area contributed by atoms with Crippen molar-refractivity contribution in [3.8, 4) is 0 Å². The molecule has 4 nitrogen and oxygen atoms in total. The van der Waals surface area contributed by atoms with E-state index in [1.807, 2.05) is 0 Å². The summed E-state index contributed by atoms with van der Waals surface area (Å²) in [6.45, 7) is 5.37. The summed E-state index contributed by atoms with van der Waals surface area (Å²) >= 11 is 0. The maximum absolute atomic E-state index is 13.5. The van der Waals surface area contributed by atoms with E-state index in [4.69, 9.17) is 4.74 Å². The van der Waals surface area contributed by atoms with Gasteiger partial charge in [-0.1, -0.05) is 6.07 Å². The smallest absolute Gasteiger partial charge is 0.407 e. The number of benzene rings is 1. The highest BCUT2D eigenvalue weighted by Gasteiger charge is 2.32. The van der Waals surface area contributed by atoms with E-state index in [-0.39, 0.29) is 17.8 Å². The van der Waals surface area contributed by atoms with Gasteiger partial charge in [-0.2, -0.15) is 0 Å². The van der Waals surface area contributed by atoms with Crippen LogP contribution < -0.4 is 10.6 Å². The number of carbonyl (C=O) groups is 1. The van der Waals surface area contributed by atoms with Crippen LogP contribution in [0.3, 0.4) is 0 Å². The minimum atomic E-state index is -0.612. The fourth-order valence-corrected chi connectivity index (χ4v) is 2.17. The molecule has 6 heteroatoms. The Morgan fingerprint density at radius 2 is 1.76 bits per heavy atom. The Hall–Kier alpha value is -1.85. The van der Waals surface area contributed by atoms with E-state index in [1.54, 1.807) is 20.8 Å². The lowest BCUT2D eigenvalue weighted by Crippen LogP contribution is -2.50. The van der Waals surface area contributed by atoms with Gasteiger partial charge in [0.25, 0.3) is 0 Å². The fourth-order valence-electron chi connectivity index (χ4n) is 2.17. The molecule has 1 fully saturated rings. The first-order chi connectivity index (χ1) is 9.74. The molecular formula is C15H20F2N2O2. The Balaban J connectivity index is 1.78. The van der Waals surface area contributed by atoms with Gasteiger partial charge in [0.1, 0.15) is 22.9 Å². The van der Waals surface area contributed by atoms with Crippen LogP contribution in [0.2, 0.25) is 0 Å². The highest BCUT2D eigenvalue weighted by Crippen LogP contribution is 2.27. The van der Waals surface area contributed by atoms with E-state index in [2.05, 4.69) is 10.6 Å². The van der Waals surface area contributed by atoms with Crippen molar-refractivity contribution in [2.75, 3.05) is 5.32 Å². The van der Waals surface area contributed by atoms with Crippen LogP contribution in [0.5, 0.6) is 0 Å². The Morgan fingerprint density at radius 3 is 2.29 bits per heavy atom. The third-order valence-corrected chi connectivity index (χ3v) is 3.17. The molecule has 1 aliphatic rings. The maximum atomic E-state index is 13.5. The van der Waals surface area contributed by atoms with Crippen LogP contribution in [0.25, 0.3) is 0 Å². The molecule has 2 rings (SSSR count). The number of ether oxygens (including phenoxy) is 1. The molecule has 116 valence electrons. The van der Waals surface area contributed by atoms with Crippen molar-refractivity contribution in [1.29, 1.82) is 0 Å². The molecule has 1 saturated carbocycles. The van der Waals surface area contributed by atoms with Crippen LogP contribution >= 0.6 is 0 Å². The molecule has 0 aliphatic heterocycles. The molecule has 21 heavy (non-hydrogen) atoms. The van der Waals surface area contributed by atoms with Gasteiger partial charge in [-0.15, -0.1) is 0 Å². The summed E-state index contributed by atoms with van der Waals surface area (Å²) in [7, 11) is 0. The van der Waals surface area contributed by atoms with Gasteiger partial charge in [0.2, 0.25) is 0 Å². The van der Waals surface area contributed by atoms with Crippen molar-refractivity contribution in [3.63, 3.8) is 0 Å². The Morgan fingerprint density at radius 1 is 1.19 bits per heavy atom. The number of para-hydroxylation sites is 1. The predicted octanol–water partition coefficient (Wildman–Crippen LogP) is 3.43. The Kier molecular flexibility index (Phi) is 4.34. The van der Waals surface area contributed by atoms with Crippen LogP contribution in [-0.2, 0) is 4.74 Å². The summed E-state index contributed by atoms with van der Waals surface area (Å²) < 4.78 is 32.1. The summed E-state index contributed by atoms with van der Waals surface area (Å²) in [5.41, 5.74) is -0.653. The van der Waals surface area contributed by atoms with E-state index >= 15 is 0 Å². The van der Waals surface area contributed by atoms with Crippen LogP contribution in [0.4, 0.5) is 19.3 Å². The van der Waals surface area contributed by atoms with Crippen molar-refractivity contribution in [3.05, 3.63) is 29.8 Å². The number of anilines is 1. The molecule has 0 saturated heterocycles. The van der Waals surface area contributed by atoms with Gasteiger partial charge in [-0.05, 0) is 45.7 Å². The monoisotopic (exact) mass is 298 g/mol. The quantitative estimate of drug-likeness (QED) is 0.899. The number of rotatable bonds is 3. The molecule has 0 unspecified atom stereocenters. The molecule has 0 aromatic heterocycles. The third kappa shape index (κ3) is 4.31. The number of hydrogen-bond acceptors (Lipinski definition) is 3. The molecular weight excluding hydrogens is 278 g/mol. The van der Waals surface area contributed by atoms with Crippen molar-refractivity contribution in [2.24, 2.45) is 0 Å². The molecule has 1 aromatic carbocycles. The molecule has 2 N–H and O–H groups in total. The van der Waals surface area contributed by atoms with Crippen molar-refractivity contribution in [2.45, 2.75) is 51.3 Å². The predicted molar refractivity (Wildman–Crippen MR) is 76.2 cm³/mol. The Labute approximate surface area is 122 Å². The SMILES string of the molecule is CC(C)(C)OC(=O)NC1CC(Nc2c(F)cccc2F)C1. The van der Waals surface area contributed by atoms with Gasteiger partial charge >= 0.3 is 6.09 Å². The fraction of sp³-hybridized carbons (Fsp3) is 0.533. The minimum Gasteiger partial charge on any atom is -0.444 e. The van der Waals surface area contributed by atoms with Crippen molar-refractivity contribution >= 4 is 11.8 Å². The van der Waals surface area contributed by atoms with Crippen molar-refractivity contribution in [1.82, 2.24) is 5.32 Å². The van der Waals surface area contributed by atoms with E-state index in [0.29, 0.717) is 12.8 Å². The summed E-state index contributed by atoms with van der Waals surface area (Å²) in [6.07, 6.45) is 0.739. The first kappa shape index (κ1) is 15.5. The zero-order chi connectivity index (χ0) is 15.6. The number of carbonyl (C=O) groups excluding carboxylic acids is 1. The summed E-state index contributed by atoms with van der Waals surface area (Å²) in [5.74, 6) is -1.22. The molecule has 0 heterocycles. The lowest BCUT2D eigenvalue weighted by atomic mass is 9.86. The van der Waals surface area contributed by atoms with Crippen LogP contribution in [0.15, 0.2) is 18.2 Å². The molecule has 0 atom stereocenters. The lowest BCUT2D eigenvalue weighted by Gasteiger charge is -2.37. The molecule has 0 spiro atoms. The topological polar surface area (TPSA) is 50.4 Å². The molecule has 1 aromatic rings. The summed E-state index contributed by atoms with van der Waals surface area (Å²) in [6, 6.07) is 3.65. The van der Waals surface area contributed by atoms with Gasteiger partial charge in [-0.25, -0.2) is 13.6 Å². The highest BCUT2D eigenvalue weighted by atomic mass is 19.1. The van der Waals surface area contributed by atoms with Gasteiger partial charge in [0.05, 0.1) is 0 Å². The standard InChI is InChI=1S/C15H20F2N2O2/c1-15(2,3)21-14(20)19-10-7-9(8-10)18-13-11(16)5-4-6-12(13)17/h4-6,9-10,18H,7-8H2,1-3H3,(H,19,20). The van der Waals surface area contributed by atoms with E-state index < -0.39 is 23.3 Å². The van der Waals surface area contributed by atoms with Gasteiger partial charge in [-0.3, -0.25) is 0 Å². The minimum absolute atomic E-state index is 0.0350. The number of nitrogens with one attached hydrogen (secondary N) is 2. The molecule has 0 bridgehead atoms. The van der Waals surface area contributed by atoms with Gasteiger partial charge < -0.3 is 15.4 Å².